The number of aromatic nitrogens is 2. The number of nitrogens with zero attached hydrogens (tertiary/aromatic N) is 2. The van der Waals surface area contributed by atoms with Crippen LogP contribution in [0.1, 0.15) is 13.8 Å². The molecule has 0 radical (unpaired) electrons. The predicted octanol–water partition coefficient (Wildman–Crippen LogP) is 2.92. The van der Waals surface area contributed by atoms with Crippen molar-refractivity contribution in [2.45, 2.75) is 13.8 Å². The average molecular weight is 279 g/mol. The second-order valence-corrected chi connectivity index (χ2v) is 4.96. The van der Waals surface area contributed by atoms with Gasteiger partial charge in [-0.25, -0.2) is 0 Å². The van der Waals surface area contributed by atoms with E-state index in [1.54, 1.807) is 12.1 Å². The minimum atomic E-state index is -0.380. The van der Waals surface area contributed by atoms with E-state index in [1.165, 1.54) is 10.9 Å². The number of para-hydroxylation sites is 1. The summed E-state index contributed by atoms with van der Waals surface area (Å²) in [5, 5.41) is 4.14. The van der Waals surface area contributed by atoms with Crippen molar-refractivity contribution in [3.8, 4) is 11.4 Å². The third kappa shape index (κ3) is 3.15. The molecular weight excluding hydrogens is 264 g/mol. The highest BCUT2D eigenvalue weighted by Crippen LogP contribution is 2.19. The molecule has 0 aliphatic rings. The van der Waals surface area contributed by atoms with E-state index in [1.807, 2.05) is 32.0 Å². The Hall–Kier alpha value is -1.81. The van der Waals surface area contributed by atoms with Gasteiger partial charge >= 0.3 is 0 Å². The lowest BCUT2D eigenvalue weighted by molar-refractivity contribution is 0.269. The van der Waals surface area contributed by atoms with Crippen molar-refractivity contribution in [2.24, 2.45) is 5.92 Å². The van der Waals surface area contributed by atoms with E-state index in [2.05, 4.69) is 5.10 Å². The van der Waals surface area contributed by atoms with Crippen LogP contribution in [-0.4, -0.2) is 16.4 Å². The van der Waals surface area contributed by atoms with Crippen molar-refractivity contribution in [1.82, 2.24) is 9.78 Å². The minimum absolute atomic E-state index is 0.0551. The molecule has 100 valence electrons. The van der Waals surface area contributed by atoms with Gasteiger partial charge in [-0.3, -0.25) is 4.79 Å². The van der Waals surface area contributed by atoms with Crippen molar-refractivity contribution in [2.75, 3.05) is 6.61 Å². The van der Waals surface area contributed by atoms with Gasteiger partial charge in [-0.1, -0.05) is 43.6 Å². The maximum Gasteiger partial charge on any atom is 0.294 e. The summed E-state index contributed by atoms with van der Waals surface area (Å²) in [5.74, 6) is 0.681. The van der Waals surface area contributed by atoms with E-state index < -0.39 is 0 Å². The molecule has 4 nitrogen and oxygen atoms in total. The Morgan fingerprint density at radius 1 is 1.32 bits per heavy atom. The summed E-state index contributed by atoms with van der Waals surface area (Å²) in [7, 11) is 0. The first kappa shape index (κ1) is 13.6. The first-order chi connectivity index (χ1) is 9.09. The highest BCUT2D eigenvalue weighted by atomic mass is 35.5. The summed E-state index contributed by atoms with van der Waals surface area (Å²) in [6.07, 6.45) is 1.47. The van der Waals surface area contributed by atoms with Gasteiger partial charge in [0.05, 0.1) is 18.5 Å². The van der Waals surface area contributed by atoms with Gasteiger partial charge in [-0.05, 0) is 18.1 Å². The van der Waals surface area contributed by atoms with Crippen LogP contribution in [-0.2, 0) is 0 Å². The number of ether oxygens (including phenoxy) is 1. The maximum atomic E-state index is 12.1. The zero-order chi connectivity index (χ0) is 13.8. The van der Waals surface area contributed by atoms with Gasteiger partial charge < -0.3 is 4.74 Å². The highest BCUT2D eigenvalue weighted by Gasteiger charge is 2.11. The van der Waals surface area contributed by atoms with Crippen molar-refractivity contribution in [1.29, 1.82) is 0 Å². The fourth-order valence-electron chi connectivity index (χ4n) is 1.53. The van der Waals surface area contributed by atoms with Gasteiger partial charge in [0.2, 0.25) is 0 Å². The van der Waals surface area contributed by atoms with Gasteiger partial charge in [-0.2, -0.15) is 9.78 Å². The highest BCUT2D eigenvalue weighted by molar-refractivity contribution is 6.31. The molecule has 0 unspecified atom stereocenters. The Kier molecular flexibility index (Phi) is 4.22. The van der Waals surface area contributed by atoms with Gasteiger partial charge in [0, 0.05) is 0 Å². The lowest BCUT2D eigenvalue weighted by atomic mass is 10.2. The summed E-state index contributed by atoms with van der Waals surface area (Å²) in [6, 6.07) is 9.12. The molecule has 5 heteroatoms. The van der Waals surface area contributed by atoms with E-state index in [0.29, 0.717) is 24.0 Å². The van der Waals surface area contributed by atoms with Gasteiger partial charge in [0.25, 0.3) is 5.56 Å². The van der Waals surface area contributed by atoms with Crippen LogP contribution in [0.3, 0.4) is 0 Å². The molecule has 0 N–H and O–H groups in total. The molecule has 0 aliphatic heterocycles. The predicted molar refractivity (Wildman–Crippen MR) is 75.2 cm³/mol. The third-order valence-electron chi connectivity index (χ3n) is 2.46. The molecule has 1 aromatic heterocycles. The molecular formula is C14H15ClN2O2. The second-order valence-electron chi connectivity index (χ2n) is 4.58. The topological polar surface area (TPSA) is 44.1 Å². The van der Waals surface area contributed by atoms with Crippen LogP contribution in [0.5, 0.6) is 5.75 Å². The second kappa shape index (κ2) is 5.89. The maximum absolute atomic E-state index is 12.1. The Morgan fingerprint density at radius 3 is 2.63 bits per heavy atom. The zero-order valence-corrected chi connectivity index (χ0v) is 11.6. The SMILES string of the molecule is CC(C)COc1cnn(-c2ccccc2)c(=O)c1Cl. The van der Waals surface area contributed by atoms with Crippen molar-refractivity contribution in [3.05, 3.63) is 51.9 Å². The van der Waals surface area contributed by atoms with Gasteiger partial charge in [0.15, 0.2) is 10.8 Å². The quantitative estimate of drug-likeness (QED) is 0.864. The molecule has 1 aromatic carbocycles. The van der Waals surface area contributed by atoms with Crippen LogP contribution in [0.4, 0.5) is 0 Å². The first-order valence-corrected chi connectivity index (χ1v) is 6.43. The number of halogens is 1. The number of benzene rings is 1. The van der Waals surface area contributed by atoms with Crippen LogP contribution < -0.4 is 10.3 Å². The fourth-order valence-corrected chi connectivity index (χ4v) is 1.71. The van der Waals surface area contributed by atoms with Crippen molar-refractivity contribution >= 4 is 11.6 Å². The van der Waals surface area contributed by atoms with E-state index in [9.17, 15) is 4.79 Å². The minimum Gasteiger partial charge on any atom is -0.490 e. The first-order valence-electron chi connectivity index (χ1n) is 6.05. The Labute approximate surface area is 116 Å². The molecule has 0 atom stereocenters. The molecule has 2 aromatic rings. The standard InChI is InChI=1S/C14H15ClN2O2/c1-10(2)9-19-12-8-16-17(14(18)13(12)15)11-6-4-3-5-7-11/h3-8,10H,9H2,1-2H3. The molecule has 0 spiro atoms. The molecule has 1 heterocycles. The van der Waals surface area contributed by atoms with Crippen molar-refractivity contribution in [3.63, 3.8) is 0 Å². The third-order valence-corrected chi connectivity index (χ3v) is 2.81. The lowest BCUT2D eigenvalue weighted by Gasteiger charge is -2.11. The molecule has 0 amide bonds. The molecule has 2 rings (SSSR count). The smallest absolute Gasteiger partial charge is 0.294 e. The van der Waals surface area contributed by atoms with Gasteiger partial charge in [0.1, 0.15) is 0 Å². The van der Waals surface area contributed by atoms with E-state index in [0.717, 1.165) is 0 Å². The van der Waals surface area contributed by atoms with E-state index in [-0.39, 0.29) is 10.6 Å². The summed E-state index contributed by atoms with van der Waals surface area (Å²) in [6.45, 7) is 4.54. The number of hydrogen-bond acceptors (Lipinski definition) is 3. The monoisotopic (exact) mass is 278 g/mol. The van der Waals surface area contributed by atoms with Crippen LogP contribution in [0.2, 0.25) is 5.02 Å². The number of rotatable bonds is 4. The summed E-state index contributed by atoms with van der Waals surface area (Å²) in [5.41, 5.74) is 0.291. The van der Waals surface area contributed by atoms with Gasteiger partial charge in [-0.15, -0.1) is 0 Å². The van der Waals surface area contributed by atoms with Crippen molar-refractivity contribution < 1.29 is 4.74 Å². The van der Waals surface area contributed by atoms with Crippen LogP contribution in [0.15, 0.2) is 41.3 Å². The number of hydrogen-bond donors (Lipinski definition) is 0. The largest absolute Gasteiger partial charge is 0.490 e. The fraction of sp³-hybridized carbons (Fsp3) is 0.286. The van der Waals surface area contributed by atoms with E-state index >= 15 is 0 Å². The van der Waals surface area contributed by atoms with Crippen LogP contribution >= 0.6 is 11.6 Å². The summed E-state index contributed by atoms with van der Waals surface area (Å²) >= 11 is 6.03. The lowest BCUT2D eigenvalue weighted by Crippen LogP contribution is -2.22. The summed E-state index contributed by atoms with van der Waals surface area (Å²) in [4.78, 5) is 12.1. The molecule has 0 aliphatic carbocycles. The Bertz CT molecular complexity index is 609. The Balaban J connectivity index is 2.36. The molecule has 0 saturated heterocycles. The zero-order valence-electron chi connectivity index (χ0n) is 10.8. The van der Waals surface area contributed by atoms with Crippen LogP contribution in [0.25, 0.3) is 5.69 Å². The molecule has 0 saturated carbocycles. The average Bonchev–Trinajstić information content (AvgIpc) is 2.41. The molecule has 0 fully saturated rings. The normalized spacial score (nSPS) is 10.7. The molecule has 0 bridgehead atoms. The summed E-state index contributed by atoms with van der Waals surface area (Å²) < 4.78 is 6.72. The Morgan fingerprint density at radius 2 is 2.00 bits per heavy atom. The molecule has 19 heavy (non-hydrogen) atoms. The van der Waals surface area contributed by atoms with Crippen LogP contribution in [0, 0.1) is 5.92 Å². The van der Waals surface area contributed by atoms with E-state index in [4.69, 9.17) is 16.3 Å².